The monoisotopic (exact) mass is 342 g/mol. The lowest BCUT2D eigenvalue weighted by atomic mass is 10.0. The van der Waals surface area contributed by atoms with E-state index >= 15 is 0 Å². The van der Waals surface area contributed by atoms with Crippen LogP contribution < -0.4 is 5.73 Å². The van der Waals surface area contributed by atoms with Crippen molar-refractivity contribution < 1.29 is 18.5 Å². The lowest BCUT2D eigenvalue weighted by Gasteiger charge is -2.16. The zero-order chi connectivity index (χ0) is 18.3. The van der Waals surface area contributed by atoms with Gasteiger partial charge in [0.25, 0.3) is 11.6 Å². The molecule has 3 heterocycles. The maximum atomic E-state index is 12.8. The van der Waals surface area contributed by atoms with Gasteiger partial charge in [-0.3, -0.25) is 9.59 Å². The van der Waals surface area contributed by atoms with Crippen LogP contribution >= 0.6 is 0 Å². The first kappa shape index (κ1) is 16.7. The van der Waals surface area contributed by atoms with Gasteiger partial charge in [-0.25, -0.2) is 4.98 Å². The second kappa shape index (κ2) is 6.04. The number of pyridine rings is 1. The summed E-state index contributed by atoms with van der Waals surface area (Å²) >= 11 is 0. The third-order valence-corrected chi connectivity index (χ3v) is 3.90. The third kappa shape index (κ3) is 2.98. The molecule has 0 unspecified atom stereocenters. The molecule has 0 radical (unpaired) electrons. The standard InChI is InChI=1S/C17H18N4O4/c1-8-5-11(10(3)24-8)13-6-12(17(23)21(4)7-14(18)22)15-9(2)20-25-16(15)19-13/h5-6H,7H2,1-4H3,(H2,18,22). The summed E-state index contributed by atoms with van der Waals surface area (Å²) in [5, 5.41) is 4.41. The fourth-order valence-electron chi connectivity index (χ4n) is 2.80. The topological polar surface area (TPSA) is 115 Å². The van der Waals surface area contributed by atoms with Gasteiger partial charge < -0.3 is 19.6 Å². The summed E-state index contributed by atoms with van der Waals surface area (Å²) in [6.45, 7) is 5.19. The molecule has 0 spiro atoms. The lowest BCUT2D eigenvalue weighted by Crippen LogP contribution is -2.35. The van der Waals surface area contributed by atoms with Crippen LogP contribution in [0.3, 0.4) is 0 Å². The van der Waals surface area contributed by atoms with Crippen LogP contribution in [0.1, 0.15) is 27.6 Å². The van der Waals surface area contributed by atoms with Gasteiger partial charge in [-0.2, -0.15) is 0 Å². The molecular formula is C17H18N4O4. The molecule has 0 atom stereocenters. The van der Waals surface area contributed by atoms with Crippen LogP contribution in [-0.2, 0) is 4.79 Å². The summed E-state index contributed by atoms with van der Waals surface area (Å²) in [6, 6.07) is 3.50. The van der Waals surface area contributed by atoms with Crippen LogP contribution in [0, 0.1) is 20.8 Å². The van der Waals surface area contributed by atoms with Crippen molar-refractivity contribution in [1.29, 1.82) is 0 Å². The summed E-state index contributed by atoms with van der Waals surface area (Å²) in [6.07, 6.45) is 0. The number of aryl methyl sites for hydroxylation is 3. The molecule has 2 amide bonds. The Bertz CT molecular complexity index is 986. The van der Waals surface area contributed by atoms with E-state index in [2.05, 4.69) is 10.1 Å². The largest absolute Gasteiger partial charge is 0.466 e. The molecule has 130 valence electrons. The van der Waals surface area contributed by atoms with Crippen molar-refractivity contribution in [3.05, 3.63) is 34.9 Å². The predicted molar refractivity (Wildman–Crippen MR) is 89.9 cm³/mol. The highest BCUT2D eigenvalue weighted by molar-refractivity contribution is 6.07. The third-order valence-electron chi connectivity index (χ3n) is 3.90. The summed E-state index contributed by atoms with van der Waals surface area (Å²) in [4.78, 5) is 29.7. The quantitative estimate of drug-likeness (QED) is 0.775. The Morgan fingerprint density at radius 1 is 1.24 bits per heavy atom. The summed E-state index contributed by atoms with van der Waals surface area (Å²) < 4.78 is 10.8. The lowest BCUT2D eigenvalue weighted by molar-refractivity contribution is -0.118. The van der Waals surface area contributed by atoms with Crippen LogP contribution in [-0.4, -0.2) is 40.4 Å². The molecule has 3 aromatic heterocycles. The molecule has 3 rings (SSSR count). The molecule has 0 aliphatic heterocycles. The molecule has 0 saturated heterocycles. The Morgan fingerprint density at radius 2 is 1.96 bits per heavy atom. The fourth-order valence-corrected chi connectivity index (χ4v) is 2.80. The SMILES string of the molecule is Cc1cc(-c2cc(C(=O)N(C)CC(N)=O)c3c(C)noc3n2)c(C)o1. The molecule has 0 saturated carbocycles. The van der Waals surface area contributed by atoms with Gasteiger partial charge in [-0.15, -0.1) is 0 Å². The van der Waals surface area contributed by atoms with E-state index in [1.54, 1.807) is 13.0 Å². The van der Waals surface area contributed by atoms with Gasteiger partial charge in [0.1, 0.15) is 11.5 Å². The first-order valence-electron chi connectivity index (χ1n) is 7.66. The number of primary amides is 1. The average molecular weight is 342 g/mol. The molecule has 0 aliphatic carbocycles. The van der Waals surface area contributed by atoms with Gasteiger partial charge in [0.15, 0.2) is 0 Å². The fraction of sp³-hybridized carbons (Fsp3) is 0.294. The number of nitrogens with two attached hydrogens (primary N) is 1. The number of furan rings is 1. The molecule has 0 aromatic carbocycles. The van der Waals surface area contributed by atoms with Gasteiger partial charge >= 0.3 is 0 Å². The Morgan fingerprint density at radius 3 is 2.56 bits per heavy atom. The summed E-state index contributed by atoms with van der Waals surface area (Å²) in [5.41, 5.74) is 7.63. The average Bonchev–Trinajstić information content (AvgIpc) is 3.07. The molecule has 0 bridgehead atoms. The summed E-state index contributed by atoms with van der Waals surface area (Å²) in [7, 11) is 1.51. The second-order valence-corrected chi connectivity index (χ2v) is 5.96. The van der Waals surface area contributed by atoms with E-state index in [0.717, 1.165) is 11.3 Å². The number of fused-ring (bicyclic) bond motifs is 1. The maximum Gasteiger partial charge on any atom is 0.259 e. The molecule has 0 fully saturated rings. The minimum absolute atomic E-state index is 0.188. The van der Waals surface area contributed by atoms with Crippen molar-refractivity contribution in [3.8, 4) is 11.3 Å². The van der Waals surface area contributed by atoms with Crippen molar-refractivity contribution in [1.82, 2.24) is 15.0 Å². The highest BCUT2D eigenvalue weighted by Crippen LogP contribution is 2.30. The van der Waals surface area contributed by atoms with Crippen LogP contribution in [0.25, 0.3) is 22.4 Å². The van der Waals surface area contributed by atoms with Crippen molar-refractivity contribution in [3.63, 3.8) is 0 Å². The Hall–Kier alpha value is -3.16. The number of carbonyl (C=O) groups excluding carboxylic acids is 2. The van der Waals surface area contributed by atoms with Crippen LogP contribution in [0.4, 0.5) is 0 Å². The zero-order valence-corrected chi connectivity index (χ0v) is 14.4. The Labute approximate surface area is 143 Å². The molecule has 25 heavy (non-hydrogen) atoms. The van der Waals surface area contributed by atoms with E-state index in [1.165, 1.54) is 11.9 Å². The number of hydrogen-bond donors (Lipinski definition) is 1. The number of nitrogens with zero attached hydrogens (tertiary/aromatic N) is 3. The molecular weight excluding hydrogens is 324 g/mol. The minimum Gasteiger partial charge on any atom is -0.466 e. The predicted octanol–water partition coefficient (Wildman–Crippen LogP) is 1.97. The Kier molecular flexibility index (Phi) is 4.03. The van der Waals surface area contributed by atoms with Crippen LogP contribution in [0.15, 0.2) is 21.1 Å². The van der Waals surface area contributed by atoms with Crippen LogP contribution in [0.2, 0.25) is 0 Å². The number of hydrogen-bond acceptors (Lipinski definition) is 6. The Balaban J connectivity index is 2.19. The number of rotatable bonds is 4. The van der Waals surface area contributed by atoms with Crippen molar-refractivity contribution in [2.75, 3.05) is 13.6 Å². The maximum absolute atomic E-state index is 12.8. The zero-order valence-electron chi connectivity index (χ0n) is 14.4. The molecule has 0 aliphatic rings. The van der Waals surface area contributed by atoms with Gasteiger partial charge in [-0.1, -0.05) is 5.16 Å². The smallest absolute Gasteiger partial charge is 0.259 e. The first-order valence-corrected chi connectivity index (χ1v) is 7.66. The van der Waals surface area contributed by atoms with Gasteiger partial charge in [0.2, 0.25) is 5.91 Å². The second-order valence-electron chi connectivity index (χ2n) is 5.96. The summed E-state index contributed by atoms with van der Waals surface area (Å²) in [5.74, 6) is 0.465. The first-order chi connectivity index (χ1) is 11.8. The van der Waals surface area contributed by atoms with Crippen molar-refractivity contribution >= 4 is 22.9 Å². The van der Waals surface area contributed by atoms with E-state index < -0.39 is 5.91 Å². The van der Waals surface area contributed by atoms with E-state index in [-0.39, 0.29) is 18.2 Å². The molecule has 3 aromatic rings. The molecule has 8 nitrogen and oxygen atoms in total. The number of aromatic nitrogens is 2. The van der Waals surface area contributed by atoms with Crippen LogP contribution in [0.5, 0.6) is 0 Å². The van der Waals surface area contributed by atoms with E-state index in [4.69, 9.17) is 14.7 Å². The van der Waals surface area contributed by atoms with E-state index in [1.807, 2.05) is 19.9 Å². The van der Waals surface area contributed by atoms with Crippen molar-refractivity contribution in [2.24, 2.45) is 5.73 Å². The highest BCUT2D eigenvalue weighted by Gasteiger charge is 2.23. The van der Waals surface area contributed by atoms with Crippen molar-refractivity contribution in [2.45, 2.75) is 20.8 Å². The number of carbonyl (C=O) groups is 2. The molecule has 8 heteroatoms. The van der Waals surface area contributed by atoms with Gasteiger partial charge in [0.05, 0.1) is 28.9 Å². The normalized spacial score (nSPS) is 11.0. The number of likely N-dealkylation sites (N-methyl/N-ethyl adjacent to an activating group) is 1. The minimum atomic E-state index is -0.593. The molecule has 2 N–H and O–H groups in total. The highest BCUT2D eigenvalue weighted by atomic mass is 16.5. The van der Waals surface area contributed by atoms with E-state index in [0.29, 0.717) is 28.1 Å². The van der Waals surface area contributed by atoms with Gasteiger partial charge in [-0.05, 0) is 32.9 Å². The number of amides is 2. The van der Waals surface area contributed by atoms with E-state index in [9.17, 15) is 9.59 Å². The van der Waals surface area contributed by atoms with Gasteiger partial charge in [0, 0.05) is 12.6 Å².